The van der Waals surface area contributed by atoms with Crippen LogP contribution in [0, 0.1) is 0 Å². The molecule has 1 aromatic carbocycles. The number of hydrogen-bond acceptors (Lipinski definition) is 3. The minimum atomic E-state index is 0.335. The third kappa shape index (κ3) is 2.47. The summed E-state index contributed by atoms with van der Waals surface area (Å²) in [5.41, 5.74) is 1.82. The van der Waals surface area contributed by atoms with Crippen molar-refractivity contribution in [3.63, 3.8) is 0 Å². The van der Waals surface area contributed by atoms with Crippen molar-refractivity contribution in [3.8, 4) is 0 Å². The zero-order valence-electron chi connectivity index (χ0n) is 8.01. The fraction of sp³-hybridized carbons (Fsp3) is 0.200. The maximum absolute atomic E-state index is 5.67. The van der Waals surface area contributed by atoms with Gasteiger partial charge >= 0.3 is 0 Å². The molecule has 0 aliphatic carbocycles. The van der Waals surface area contributed by atoms with Crippen LogP contribution < -0.4 is 4.84 Å². The summed E-state index contributed by atoms with van der Waals surface area (Å²) in [5.74, 6) is 0.335. The Kier molecular flexibility index (Phi) is 3.19. The average Bonchev–Trinajstić information content (AvgIpc) is 2.75. The molecule has 1 aromatic heterocycles. The standard InChI is InChI=1S/C10H10ClN3O/c11-6-10-7-12-13-14(10)15-8-9-4-2-1-3-5-9/h1-5,7H,6,8H2. The minimum absolute atomic E-state index is 0.335. The highest BCUT2D eigenvalue weighted by Gasteiger charge is 2.02. The van der Waals surface area contributed by atoms with Crippen molar-refractivity contribution in [1.29, 1.82) is 0 Å². The summed E-state index contributed by atoms with van der Waals surface area (Å²) in [6, 6.07) is 9.85. The smallest absolute Gasteiger partial charge is 0.142 e. The molecule has 2 aromatic rings. The zero-order valence-corrected chi connectivity index (χ0v) is 8.76. The topological polar surface area (TPSA) is 39.9 Å². The molecule has 0 radical (unpaired) electrons. The lowest BCUT2D eigenvalue weighted by Crippen LogP contribution is -2.15. The molecule has 15 heavy (non-hydrogen) atoms. The molecule has 0 aliphatic heterocycles. The van der Waals surface area contributed by atoms with Crippen LogP contribution in [0.1, 0.15) is 11.3 Å². The van der Waals surface area contributed by atoms with Gasteiger partial charge in [0.15, 0.2) is 0 Å². The van der Waals surface area contributed by atoms with E-state index < -0.39 is 0 Å². The Hall–Kier alpha value is -1.55. The van der Waals surface area contributed by atoms with Gasteiger partial charge in [0, 0.05) is 0 Å². The van der Waals surface area contributed by atoms with E-state index in [-0.39, 0.29) is 0 Å². The Balaban J connectivity index is 1.99. The summed E-state index contributed by atoms with van der Waals surface area (Å²) < 4.78 is 0. The number of halogens is 1. The predicted molar refractivity (Wildman–Crippen MR) is 56.3 cm³/mol. The number of hydrogen-bond donors (Lipinski definition) is 0. The molecule has 0 N–H and O–H groups in total. The highest BCUT2D eigenvalue weighted by atomic mass is 35.5. The highest BCUT2D eigenvalue weighted by Crippen LogP contribution is 2.02. The average molecular weight is 224 g/mol. The summed E-state index contributed by atoms with van der Waals surface area (Å²) in [6.07, 6.45) is 1.58. The van der Waals surface area contributed by atoms with E-state index in [0.717, 1.165) is 11.3 Å². The van der Waals surface area contributed by atoms with Gasteiger partial charge in [-0.25, -0.2) is 0 Å². The second-order valence-electron chi connectivity index (χ2n) is 2.99. The fourth-order valence-electron chi connectivity index (χ4n) is 1.15. The van der Waals surface area contributed by atoms with Crippen molar-refractivity contribution in [1.82, 2.24) is 15.2 Å². The Labute approximate surface area is 92.4 Å². The van der Waals surface area contributed by atoms with E-state index in [1.165, 1.54) is 4.85 Å². The molecule has 0 aliphatic rings. The minimum Gasteiger partial charge on any atom is -0.390 e. The molecule has 0 saturated carbocycles. The molecule has 0 bridgehead atoms. The molecule has 2 rings (SSSR count). The second-order valence-corrected chi connectivity index (χ2v) is 3.26. The first kappa shape index (κ1) is 9.98. The quantitative estimate of drug-likeness (QED) is 0.740. The predicted octanol–water partition coefficient (Wildman–Crippen LogP) is 1.65. The maximum Gasteiger partial charge on any atom is 0.142 e. The summed E-state index contributed by atoms with van der Waals surface area (Å²) in [6.45, 7) is 0.452. The van der Waals surface area contributed by atoms with Gasteiger partial charge in [0.2, 0.25) is 0 Å². The van der Waals surface area contributed by atoms with Gasteiger partial charge in [-0.3, -0.25) is 0 Å². The summed E-state index contributed by atoms with van der Waals surface area (Å²) in [5, 5.41) is 7.47. The largest absolute Gasteiger partial charge is 0.390 e. The number of nitrogens with zero attached hydrogens (tertiary/aromatic N) is 3. The molecule has 78 valence electrons. The molecular formula is C10H10ClN3O. The Morgan fingerprint density at radius 3 is 2.80 bits per heavy atom. The van der Waals surface area contributed by atoms with Gasteiger partial charge in [0.1, 0.15) is 12.3 Å². The first-order valence-electron chi connectivity index (χ1n) is 4.53. The SMILES string of the molecule is ClCc1cnnn1OCc1ccccc1. The van der Waals surface area contributed by atoms with Crippen molar-refractivity contribution in [2.75, 3.05) is 0 Å². The third-order valence-corrected chi connectivity index (χ3v) is 2.19. The highest BCUT2D eigenvalue weighted by molar-refractivity contribution is 6.16. The van der Waals surface area contributed by atoms with Gasteiger partial charge in [0.25, 0.3) is 0 Å². The van der Waals surface area contributed by atoms with E-state index in [1.807, 2.05) is 30.3 Å². The number of aromatic nitrogens is 3. The molecule has 0 saturated heterocycles. The van der Waals surface area contributed by atoms with Crippen LogP contribution >= 0.6 is 11.6 Å². The Morgan fingerprint density at radius 2 is 2.07 bits per heavy atom. The van der Waals surface area contributed by atoms with E-state index in [0.29, 0.717) is 12.5 Å². The number of alkyl halides is 1. The molecule has 0 amide bonds. The van der Waals surface area contributed by atoms with Gasteiger partial charge in [0.05, 0.1) is 12.1 Å². The Bertz CT molecular complexity index is 416. The van der Waals surface area contributed by atoms with Crippen molar-refractivity contribution in [2.45, 2.75) is 12.5 Å². The lowest BCUT2D eigenvalue weighted by molar-refractivity contribution is 0.0614. The Morgan fingerprint density at radius 1 is 1.27 bits per heavy atom. The van der Waals surface area contributed by atoms with E-state index in [4.69, 9.17) is 16.4 Å². The van der Waals surface area contributed by atoms with Crippen LogP contribution in [0.25, 0.3) is 0 Å². The maximum atomic E-state index is 5.67. The van der Waals surface area contributed by atoms with Crippen molar-refractivity contribution in [3.05, 3.63) is 47.8 Å². The third-order valence-electron chi connectivity index (χ3n) is 1.92. The molecule has 0 atom stereocenters. The first-order valence-corrected chi connectivity index (χ1v) is 5.06. The van der Waals surface area contributed by atoms with Gasteiger partial charge in [-0.05, 0) is 10.8 Å². The van der Waals surface area contributed by atoms with Crippen molar-refractivity contribution < 1.29 is 4.84 Å². The molecule has 5 heteroatoms. The molecule has 1 heterocycles. The van der Waals surface area contributed by atoms with Crippen LogP contribution in [0.15, 0.2) is 36.5 Å². The van der Waals surface area contributed by atoms with E-state index >= 15 is 0 Å². The van der Waals surface area contributed by atoms with Crippen LogP contribution in [0.4, 0.5) is 0 Å². The molecule has 0 spiro atoms. The summed E-state index contributed by atoms with van der Waals surface area (Å²) >= 11 is 5.67. The lowest BCUT2D eigenvalue weighted by Gasteiger charge is -2.05. The lowest BCUT2D eigenvalue weighted by atomic mass is 10.2. The van der Waals surface area contributed by atoms with Crippen molar-refractivity contribution in [2.24, 2.45) is 0 Å². The summed E-state index contributed by atoms with van der Waals surface area (Å²) in [4.78, 5) is 6.76. The van der Waals surface area contributed by atoms with E-state index in [2.05, 4.69) is 10.3 Å². The van der Waals surface area contributed by atoms with Gasteiger partial charge < -0.3 is 4.84 Å². The van der Waals surface area contributed by atoms with E-state index in [1.54, 1.807) is 6.20 Å². The first-order chi connectivity index (χ1) is 7.40. The van der Waals surface area contributed by atoms with Crippen LogP contribution in [-0.2, 0) is 12.5 Å². The fourth-order valence-corrected chi connectivity index (χ4v) is 1.32. The van der Waals surface area contributed by atoms with Gasteiger partial charge in [-0.15, -0.1) is 16.7 Å². The number of benzene rings is 1. The van der Waals surface area contributed by atoms with Gasteiger partial charge in [-0.2, -0.15) is 0 Å². The van der Waals surface area contributed by atoms with Crippen LogP contribution in [0.3, 0.4) is 0 Å². The van der Waals surface area contributed by atoms with E-state index in [9.17, 15) is 0 Å². The normalized spacial score (nSPS) is 10.2. The van der Waals surface area contributed by atoms with Crippen molar-refractivity contribution >= 4 is 11.6 Å². The number of rotatable bonds is 4. The monoisotopic (exact) mass is 223 g/mol. The molecular weight excluding hydrogens is 214 g/mol. The summed E-state index contributed by atoms with van der Waals surface area (Å²) in [7, 11) is 0. The van der Waals surface area contributed by atoms with Crippen LogP contribution in [0.5, 0.6) is 0 Å². The second kappa shape index (κ2) is 4.79. The molecule has 0 unspecified atom stereocenters. The zero-order chi connectivity index (χ0) is 10.5. The van der Waals surface area contributed by atoms with Gasteiger partial charge in [-0.1, -0.05) is 35.2 Å². The van der Waals surface area contributed by atoms with Crippen LogP contribution in [0.2, 0.25) is 0 Å². The van der Waals surface area contributed by atoms with Crippen LogP contribution in [-0.4, -0.2) is 15.2 Å². The molecule has 4 nitrogen and oxygen atoms in total. The molecule has 0 fully saturated rings.